The largest absolute Gasteiger partial charge is 0.478 e. The van der Waals surface area contributed by atoms with E-state index in [2.05, 4.69) is 22.0 Å². The second kappa shape index (κ2) is 5.47. The molecule has 1 fully saturated rings. The third-order valence-electron chi connectivity index (χ3n) is 4.58. The van der Waals surface area contributed by atoms with Gasteiger partial charge in [0.1, 0.15) is 0 Å². The number of aromatic amines is 1. The number of H-pyrrole nitrogens is 1. The summed E-state index contributed by atoms with van der Waals surface area (Å²) in [7, 11) is 0. The molecule has 4 heteroatoms. The van der Waals surface area contributed by atoms with E-state index in [0.717, 1.165) is 53.6 Å². The van der Waals surface area contributed by atoms with Crippen molar-refractivity contribution in [3.05, 3.63) is 54.2 Å². The molecule has 1 aliphatic heterocycles. The molecule has 116 valence electrons. The number of anilines is 1. The van der Waals surface area contributed by atoms with Crippen LogP contribution < -0.4 is 4.90 Å². The van der Waals surface area contributed by atoms with E-state index >= 15 is 0 Å². The summed E-state index contributed by atoms with van der Waals surface area (Å²) in [5.74, 6) is -0.863. The summed E-state index contributed by atoms with van der Waals surface area (Å²) in [6.07, 6.45) is 4.18. The van der Waals surface area contributed by atoms with Crippen LogP contribution in [0.3, 0.4) is 0 Å². The molecule has 0 atom stereocenters. The zero-order valence-corrected chi connectivity index (χ0v) is 12.7. The monoisotopic (exact) mass is 306 g/mol. The standard InChI is InChI=1S/C19H18N2O2/c22-19(23)16-7-6-13(12-18(16)21-10-1-2-11-21)14-4-3-5-17-15(14)8-9-20-17/h3-9,12,20H,1-2,10-11H2,(H,22,23). The van der Waals surface area contributed by atoms with Crippen LogP contribution in [0.25, 0.3) is 22.0 Å². The Labute approximate surface area is 134 Å². The first kappa shape index (κ1) is 13.9. The zero-order valence-electron chi connectivity index (χ0n) is 12.7. The number of hydrogen-bond acceptors (Lipinski definition) is 2. The first-order chi connectivity index (χ1) is 11.2. The highest BCUT2D eigenvalue weighted by Crippen LogP contribution is 2.33. The maximum absolute atomic E-state index is 11.6. The minimum atomic E-state index is -0.863. The van der Waals surface area contributed by atoms with E-state index in [1.54, 1.807) is 6.07 Å². The molecule has 2 heterocycles. The lowest BCUT2D eigenvalue weighted by atomic mass is 9.99. The second-order valence-electron chi connectivity index (χ2n) is 5.98. The van der Waals surface area contributed by atoms with Gasteiger partial charge in [-0.25, -0.2) is 4.79 Å². The first-order valence-electron chi connectivity index (χ1n) is 7.93. The van der Waals surface area contributed by atoms with Crippen molar-refractivity contribution >= 4 is 22.6 Å². The highest BCUT2D eigenvalue weighted by Gasteiger charge is 2.20. The molecule has 1 aliphatic rings. The Hall–Kier alpha value is -2.75. The highest BCUT2D eigenvalue weighted by molar-refractivity contribution is 5.99. The second-order valence-corrected chi connectivity index (χ2v) is 5.98. The van der Waals surface area contributed by atoms with Gasteiger partial charge in [0.15, 0.2) is 0 Å². The van der Waals surface area contributed by atoms with Gasteiger partial charge in [-0.15, -0.1) is 0 Å². The Morgan fingerprint density at radius 1 is 1.09 bits per heavy atom. The van der Waals surface area contributed by atoms with E-state index in [1.165, 1.54) is 0 Å². The van der Waals surface area contributed by atoms with Gasteiger partial charge in [0.05, 0.1) is 11.3 Å². The lowest BCUT2D eigenvalue weighted by Crippen LogP contribution is -2.20. The maximum atomic E-state index is 11.6. The topological polar surface area (TPSA) is 56.3 Å². The number of benzene rings is 2. The van der Waals surface area contributed by atoms with E-state index in [-0.39, 0.29) is 0 Å². The molecule has 0 spiro atoms. The third-order valence-corrected chi connectivity index (χ3v) is 4.58. The summed E-state index contributed by atoms with van der Waals surface area (Å²) < 4.78 is 0. The average molecular weight is 306 g/mol. The van der Waals surface area contributed by atoms with Crippen molar-refractivity contribution in [1.29, 1.82) is 0 Å². The Bertz CT molecular complexity index is 876. The van der Waals surface area contributed by atoms with E-state index in [9.17, 15) is 9.90 Å². The Morgan fingerprint density at radius 2 is 1.91 bits per heavy atom. The number of hydrogen-bond donors (Lipinski definition) is 2. The molecule has 4 rings (SSSR count). The van der Waals surface area contributed by atoms with Gasteiger partial charge in [-0.3, -0.25) is 0 Å². The molecular weight excluding hydrogens is 288 g/mol. The number of nitrogens with one attached hydrogen (secondary N) is 1. The molecule has 2 N–H and O–H groups in total. The van der Waals surface area contributed by atoms with E-state index in [0.29, 0.717) is 5.56 Å². The van der Waals surface area contributed by atoms with Crippen molar-refractivity contribution in [2.75, 3.05) is 18.0 Å². The lowest BCUT2D eigenvalue weighted by molar-refractivity contribution is 0.0697. The van der Waals surface area contributed by atoms with Gasteiger partial charge in [-0.2, -0.15) is 0 Å². The molecule has 2 aromatic carbocycles. The van der Waals surface area contributed by atoms with Crippen LogP contribution in [-0.4, -0.2) is 29.1 Å². The molecule has 3 aromatic rings. The zero-order chi connectivity index (χ0) is 15.8. The Balaban J connectivity index is 1.88. The lowest BCUT2D eigenvalue weighted by Gasteiger charge is -2.21. The van der Waals surface area contributed by atoms with Crippen molar-refractivity contribution in [1.82, 2.24) is 4.98 Å². The molecule has 1 saturated heterocycles. The summed E-state index contributed by atoms with van der Waals surface area (Å²) in [5.41, 5.74) is 4.49. The van der Waals surface area contributed by atoms with Gasteiger partial charge in [0.25, 0.3) is 0 Å². The predicted octanol–water partition coefficient (Wildman–Crippen LogP) is 4.13. The van der Waals surface area contributed by atoms with Crippen molar-refractivity contribution in [2.45, 2.75) is 12.8 Å². The minimum absolute atomic E-state index is 0.386. The molecule has 0 bridgehead atoms. The highest BCUT2D eigenvalue weighted by atomic mass is 16.4. The predicted molar refractivity (Wildman–Crippen MR) is 92.1 cm³/mol. The number of nitrogens with zero attached hydrogens (tertiary/aromatic N) is 1. The van der Waals surface area contributed by atoms with Crippen LogP contribution in [0.15, 0.2) is 48.7 Å². The van der Waals surface area contributed by atoms with Crippen molar-refractivity contribution in [2.24, 2.45) is 0 Å². The fourth-order valence-electron chi connectivity index (χ4n) is 3.44. The van der Waals surface area contributed by atoms with Gasteiger partial charge < -0.3 is 15.0 Å². The van der Waals surface area contributed by atoms with Gasteiger partial charge in [-0.05, 0) is 48.2 Å². The molecular formula is C19H18N2O2. The van der Waals surface area contributed by atoms with Crippen LogP contribution in [0.2, 0.25) is 0 Å². The van der Waals surface area contributed by atoms with Gasteiger partial charge >= 0.3 is 5.97 Å². The molecule has 0 saturated carbocycles. The number of aromatic nitrogens is 1. The maximum Gasteiger partial charge on any atom is 0.337 e. The first-order valence-corrected chi connectivity index (χ1v) is 7.93. The normalized spacial score (nSPS) is 14.5. The van der Waals surface area contributed by atoms with Crippen molar-refractivity contribution < 1.29 is 9.90 Å². The van der Waals surface area contributed by atoms with Crippen LogP contribution in [0.4, 0.5) is 5.69 Å². The van der Waals surface area contributed by atoms with E-state index < -0.39 is 5.97 Å². The van der Waals surface area contributed by atoms with Gasteiger partial charge in [-0.1, -0.05) is 18.2 Å². The molecule has 0 amide bonds. The number of carbonyl (C=O) groups is 1. The molecule has 4 nitrogen and oxygen atoms in total. The van der Waals surface area contributed by atoms with Crippen molar-refractivity contribution in [3.63, 3.8) is 0 Å². The van der Waals surface area contributed by atoms with Gasteiger partial charge in [0.2, 0.25) is 0 Å². The quantitative estimate of drug-likeness (QED) is 0.765. The number of carboxylic acid groups (broad SMARTS) is 1. The molecule has 23 heavy (non-hydrogen) atoms. The van der Waals surface area contributed by atoms with E-state index in [4.69, 9.17) is 0 Å². The Kier molecular flexibility index (Phi) is 3.30. The van der Waals surface area contributed by atoms with Crippen LogP contribution in [0.5, 0.6) is 0 Å². The fraction of sp³-hybridized carbons (Fsp3) is 0.211. The summed E-state index contributed by atoms with van der Waals surface area (Å²) in [5, 5.41) is 10.6. The number of aromatic carboxylic acids is 1. The number of rotatable bonds is 3. The van der Waals surface area contributed by atoms with E-state index in [1.807, 2.05) is 30.5 Å². The molecule has 0 unspecified atom stereocenters. The van der Waals surface area contributed by atoms with Crippen LogP contribution in [-0.2, 0) is 0 Å². The third kappa shape index (κ3) is 2.36. The molecule has 0 aliphatic carbocycles. The summed E-state index contributed by atoms with van der Waals surface area (Å²) in [6, 6.07) is 13.9. The molecule has 1 aromatic heterocycles. The summed E-state index contributed by atoms with van der Waals surface area (Å²) >= 11 is 0. The van der Waals surface area contributed by atoms with Gasteiger partial charge in [0, 0.05) is 30.2 Å². The summed E-state index contributed by atoms with van der Waals surface area (Å²) in [6.45, 7) is 1.86. The average Bonchev–Trinajstić information content (AvgIpc) is 3.25. The molecule has 0 radical (unpaired) electrons. The minimum Gasteiger partial charge on any atom is -0.478 e. The fourth-order valence-corrected chi connectivity index (χ4v) is 3.44. The number of carboxylic acids is 1. The number of fused-ring (bicyclic) bond motifs is 1. The summed E-state index contributed by atoms with van der Waals surface area (Å²) in [4.78, 5) is 17.0. The SMILES string of the molecule is O=C(O)c1ccc(-c2cccc3[nH]ccc23)cc1N1CCCC1. The van der Waals surface area contributed by atoms with Crippen LogP contribution in [0, 0.1) is 0 Å². The van der Waals surface area contributed by atoms with Crippen LogP contribution in [0.1, 0.15) is 23.2 Å². The Morgan fingerprint density at radius 3 is 2.70 bits per heavy atom. The smallest absolute Gasteiger partial charge is 0.337 e. The van der Waals surface area contributed by atoms with Crippen molar-refractivity contribution in [3.8, 4) is 11.1 Å². The van der Waals surface area contributed by atoms with Crippen LogP contribution >= 0.6 is 0 Å².